The average Bonchev–Trinajstić information content (AvgIpc) is 2.88. The van der Waals surface area contributed by atoms with Crippen LogP contribution in [0, 0.1) is 11.8 Å². The molecule has 1 spiro atoms. The molecule has 0 aromatic rings. The Morgan fingerprint density at radius 2 is 2.47 bits per heavy atom. The van der Waals surface area contributed by atoms with Crippen LogP contribution >= 0.6 is 0 Å². The van der Waals surface area contributed by atoms with E-state index in [1.54, 1.807) is 11.0 Å². The lowest BCUT2D eigenvalue weighted by atomic mass is 9.77. The van der Waals surface area contributed by atoms with E-state index in [1.807, 2.05) is 13.0 Å². The summed E-state index contributed by atoms with van der Waals surface area (Å²) >= 11 is 0. The van der Waals surface area contributed by atoms with E-state index < -0.39 is 29.5 Å². The molecule has 0 aliphatic carbocycles. The molecule has 2 saturated heterocycles. The number of carboxylic acids is 1. The Labute approximate surface area is 99.0 Å². The molecule has 4 atom stereocenters. The first kappa shape index (κ1) is 10.8. The minimum atomic E-state index is -0.932. The minimum Gasteiger partial charge on any atom is -0.481 e. The van der Waals surface area contributed by atoms with Gasteiger partial charge in [0.05, 0.1) is 18.6 Å². The van der Waals surface area contributed by atoms with Crippen LogP contribution in [0.15, 0.2) is 12.2 Å². The molecule has 2 bridgehead atoms. The highest BCUT2D eigenvalue weighted by Gasteiger charge is 2.66. The number of hydrogen-bond donors (Lipinski definition) is 1. The second kappa shape index (κ2) is 3.32. The lowest BCUT2D eigenvalue weighted by Crippen LogP contribution is -2.39. The van der Waals surface area contributed by atoms with E-state index in [-0.39, 0.29) is 5.91 Å². The third-order valence-electron chi connectivity index (χ3n) is 3.96. The van der Waals surface area contributed by atoms with Gasteiger partial charge >= 0.3 is 5.97 Å². The normalized spacial score (nSPS) is 42.3. The smallest absolute Gasteiger partial charge is 0.310 e. The van der Waals surface area contributed by atoms with Crippen LogP contribution in [0.25, 0.3) is 0 Å². The number of nitrogens with zero attached hydrogens (tertiary/aromatic N) is 1. The number of fused-ring (bicyclic) bond motifs is 1. The van der Waals surface area contributed by atoms with E-state index in [1.165, 1.54) is 0 Å². The van der Waals surface area contributed by atoms with Gasteiger partial charge in [0.2, 0.25) is 5.91 Å². The van der Waals surface area contributed by atoms with E-state index in [4.69, 9.17) is 4.74 Å². The first-order valence-electron chi connectivity index (χ1n) is 5.98. The van der Waals surface area contributed by atoms with Crippen LogP contribution in [-0.2, 0) is 14.3 Å². The molecule has 3 aliphatic rings. The molecule has 5 nitrogen and oxygen atoms in total. The average molecular weight is 237 g/mol. The standard InChI is InChI=1S/C12H15NO4/c1-2-5-13-6-12-4-3-7(17-12)8(11(15)16)9(12)10(13)14/h3-4,7-9H,2,5-6H2,1H3,(H,15,16)/t7-,8-,9+,12-/m1/s1. The summed E-state index contributed by atoms with van der Waals surface area (Å²) in [5, 5.41) is 9.23. The van der Waals surface area contributed by atoms with Crippen LogP contribution in [0.5, 0.6) is 0 Å². The molecule has 5 heteroatoms. The van der Waals surface area contributed by atoms with E-state index in [9.17, 15) is 14.7 Å². The van der Waals surface area contributed by atoms with E-state index in [0.29, 0.717) is 13.1 Å². The van der Waals surface area contributed by atoms with Gasteiger partial charge in [-0.15, -0.1) is 0 Å². The fourth-order valence-electron chi connectivity index (χ4n) is 3.32. The second-order valence-corrected chi connectivity index (χ2v) is 5.00. The molecule has 1 amide bonds. The molecule has 17 heavy (non-hydrogen) atoms. The number of rotatable bonds is 3. The molecule has 0 aromatic heterocycles. The van der Waals surface area contributed by atoms with Crippen molar-refractivity contribution < 1.29 is 19.4 Å². The van der Waals surface area contributed by atoms with Crippen LogP contribution in [0.2, 0.25) is 0 Å². The van der Waals surface area contributed by atoms with Crippen LogP contribution in [0.1, 0.15) is 13.3 Å². The molecule has 1 N–H and O–H groups in total. The fourth-order valence-corrected chi connectivity index (χ4v) is 3.32. The molecule has 0 saturated carbocycles. The number of ether oxygens (including phenoxy) is 1. The molecule has 0 radical (unpaired) electrons. The summed E-state index contributed by atoms with van der Waals surface area (Å²) in [6.45, 7) is 3.17. The van der Waals surface area contributed by atoms with Gasteiger partial charge in [-0.05, 0) is 6.42 Å². The predicted octanol–water partition coefficient (Wildman–Crippen LogP) is 0.263. The first-order valence-corrected chi connectivity index (χ1v) is 5.98. The number of carbonyl (C=O) groups excluding carboxylic acids is 1. The minimum absolute atomic E-state index is 0.0638. The largest absolute Gasteiger partial charge is 0.481 e. The summed E-state index contributed by atoms with van der Waals surface area (Å²) in [5.41, 5.74) is -0.667. The van der Waals surface area contributed by atoms with Crippen molar-refractivity contribution in [3.8, 4) is 0 Å². The number of carboxylic acid groups (broad SMARTS) is 1. The summed E-state index contributed by atoms with van der Waals surface area (Å²) in [6, 6.07) is 0. The van der Waals surface area contributed by atoms with Crippen molar-refractivity contribution in [3.63, 3.8) is 0 Å². The molecule has 0 aromatic carbocycles. The number of amides is 1. The van der Waals surface area contributed by atoms with Gasteiger partial charge in [0.15, 0.2) is 0 Å². The highest BCUT2D eigenvalue weighted by atomic mass is 16.5. The van der Waals surface area contributed by atoms with Gasteiger partial charge in [0, 0.05) is 6.54 Å². The van der Waals surface area contributed by atoms with Gasteiger partial charge in [-0.1, -0.05) is 19.1 Å². The summed E-state index contributed by atoms with van der Waals surface area (Å²) in [7, 11) is 0. The monoisotopic (exact) mass is 237 g/mol. The Bertz CT molecular complexity index is 419. The van der Waals surface area contributed by atoms with Crippen molar-refractivity contribution in [2.24, 2.45) is 11.8 Å². The Kier molecular flexibility index (Phi) is 2.10. The number of hydrogen-bond acceptors (Lipinski definition) is 3. The van der Waals surface area contributed by atoms with Crippen molar-refractivity contribution in [2.75, 3.05) is 13.1 Å². The van der Waals surface area contributed by atoms with Crippen LogP contribution in [0.4, 0.5) is 0 Å². The summed E-state index contributed by atoms with van der Waals surface area (Å²) in [4.78, 5) is 25.2. The second-order valence-electron chi connectivity index (χ2n) is 5.00. The Morgan fingerprint density at radius 1 is 1.71 bits per heavy atom. The van der Waals surface area contributed by atoms with Gasteiger partial charge < -0.3 is 14.7 Å². The zero-order valence-electron chi connectivity index (χ0n) is 9.63. The molecule has 3 aliphatic heterocycles. The molecule has 0 unspecified atom stereocenters. The Morgan fingerprint density at radius 3 is 3.12 bits per heavy atom. The highest BCUT2D eigenvalue weighted by Crippen LogP contribution is 2.51. The van der Waals surface area contributed by atoms with Gasteiger partial charge in [-0.2, -0.15) is 0 Å². The van der Waals surface area contributed by atoms with Gasteiger partial charge in [-0.3, -0.25) is 9.59 Å². The lowest BCUT2D eigenvalue weighted by molar-refractivity contribution is -0.148. The quantitative estimate of drug-likeness (QED) is 0.715. The van der Waals surface area contributed by atoms with Crippen molar-refractivity contribution in [2.45, 2.75) is 25.0 Å². The van der Waals surface area contributed by atoms with Crippen molar-refractivity contribution in [3.05, 3.63) is 12.2 Å². The Balaban J connectivity index is 1.96. The number of likely N-dealkylation sites (tertiary alicyclic amines) is 1. The molecule has 3 heterocycles. The van der Waals surface area contributed by atoms with Gasteiger partial charge in [0.25, 0.3) is 0 Å². The van der Waals surface area contributed by atoms with E-state index in [0.717, 1.165) is 6.42 Å². The SMILES string of the molecule is CCCN1C[C@@]23C=C[C@@H](O2)[C@@H](C(=O)O)[C@H]3C1=O. The summed E-state index contributed by atoms with van der Waals surface area (Å²) in [6.07, 6.45) is 4.12. The molecule has 2 fully saturated rings. The lowest BCUT2D eigenvalue weighted by Gasteiger charge is -2.21. The molecule has 92 valence electrons. The van der Waals surface area contributed by atoms with Crippen LogP contribution < -0.4 is 0 Å². The molecule has 3 rings (SSSR count). The third kappa shape index (κ3) is 1.23. The maximum atomic E-state index is 12.2. The summed E-state index contributed by atoms with van der Waals surface area (Å²) in [5.74, 6) is -2.24. The zero-order valence-corrected chi connectivity index (χ0v) is 9.63. The number of carbonyl (C=O) groups is 2. The first-order chi connectivity index (χ1) is 8.09. The topological polar surface area (TPSA) is 66.8 Å². The van der Waals surface area contributed by atoms with Crippen molar-refractivity contribution in [1.82, 2.24) is 4.90 Å². The predicted molar refractivity (Wildman–Crippen MR) is 58.2 cm³/mol. The van der Waals surface area contributed by atoms with Crippen LogP contribution in [-0.4, -0.2) is 46.7 Å². The zero-order chi connectivity index (χ0) is 12.2. The summed E-state index contributed by atoms with van der Waals surface area (Å²) < 4.78 is 5.75. The maximum Gasteiger partial charge on any atom is 0.310 e. The maximum absolute atomic E-state index is 12.2. The van der Waals surface area contributed by atoms with Crippen molar-refractivity contribution in [1.29, 1.82) is 0 Å². The van der Waals surface area contributed by atoms with Gasteiger partial charge in [-0.25, -0.2) is 0 Å². The van der Waals surface area contributed by atoms with Gasteiger partial charge in [0.1, 0.15) is 11.5 Å². The highest BCUT2D eigenvalue weighted by molar-refractivity contribution is 5.90. The van der Waals surface area contributed by atoms with E-state index >= 15 is 0 Å². The molecular formula is C12H15NO4. The Hall–Kier alpha value is -1.36. The number of aliphatic carboxylic acids is 1. The van der Waals surface area contributed by atoms with E-state index in [2.05, 4.69) is 0 Å². The third-order valence-corrected chi connectivity index (χ3v) is 3.96. The fraction of sp³-hybridized carbons (Fsp3) is 0.667. The molecular weight excluding hydrogens is 222 g/mol. The van der Waals surface area contributed by atoms with Crippen LogP contribution in [0.3, 0.4) is 0 Å². The van der Waals surface area contributed by atoms with Crippen molar-refractivity contribution >= 4 is 11.9 Å².